The summed E-state index contributed by atoms with van der Waals surface area (Å²) in [6, 6.07) is 7.05. The van der Waals surface area contributed by atoms with Crippen LogP contribution in [0, 0.1) is 0 Å². The Kier molecular flexibility index (Phi) is 5.25. The molecule has 2 heterocycles. The average Bonchev–Trinajstić information content (AvgIpc) is 3.02. The van der Waals surface area contributed by atoms with E-state index in [0.717, 1.165) is 31.1 Å². The largest absolute Gasteiger partial charge is 0.497 e. The zero-order valence-corrected chi connectivity index (χ0v) is 14.1. The van der Waals surface area contributed by atoms with E-state index in [2.05, 4.69) is 15.2 Å². The van der Waals surface area contributed by atoms with Gasteiger partial charge < -0.3 is 4.74 Å². The Labute approximate surface area is 140 Å². The summed E-state index contributed by atoms with van der Waals surface area (Å²) in [7, 11) is 1.61. The lowest BCUT2D eigenvalue weighted by Crippen LogP contribution is -2.29. The van der Waals surface area contributed by atoms with Crippen molar-refractivity contribution in [3.63, 3.8) is 0 Å². The molecule has 1 aliphatic heterocycles. The minimum atomic E-state index is -0.147. The summed E-state index contributed by atoms with van der Waals surface area (Å²) < 4.78 is 5.10. The number of ether oxygens (including phenoxy) is 1. The number of likely N-dealkylation sites (tertiary alicyclic amines) is 1. The molecule has 1 amide bonds. The number of aromatic nitrogens is 1. The van der Waals surface area contributed by atoms with Crippen molar-refractivity contribution in [3.05, 3.63) is 40.9 Å². The third kappa shape index (κ3) is 4.30. The van der Waals surface area contributed by atoms with Gasteiger partial charge in [-0.25, -0.2) is 4.98 Å². The molecule has 1 fully saturated rings. The fourth-order valence-corrected chi connectivity index (χ4v) is 3.39. The molecule has 0 bridgehead atoms. The van der Waals surface area contributed by atoms with Crippen LogP contribution in [0.5, 0.6) is 5.75 Å². The van der Waals surface area contributed by atoms with Crippen molar-refractivity contribution < 1.29 is 9.53 Å². The van der Waals surface area contributed by atoms with E-state index in [1.54, 1.807) is 31.4 Å². The maximum Gasteiger partial charge on any atom is 0.257 e. The number of anilines is 1. The Morgan fingerprint density at radius 2 is 2.00 bits per heavy atom. The first-order valence-corrected chi connectivity index (χ1v) is 8.75. The molecule has 5 nitrogen and oxygen atoms in total. The second-order valence-corrected chi connectivity index (χ2v) is 6.52. The molecule has 0 radical (unpaired) electrons. The summed E-state index contributed by atoms with van der Waals surface area (Å²) in [4.78, 5) is 19.2. The molecular weight excluding hydrogens is 310 g/mol. The van der Waals surface area contributed by atoms with Gasteiger partial charge in [-0.15, -0.1) is 11.3 Å². The van der Waals surface area contributed by atoms with E-state index in [0.29, 0.717) is 10.7 Å². The molecule has 3 rings (SSSR count). The molecule has 0 atom stereocenters. The lowest BCUT2D eigenvalue weighted by molar-refractivity contribution is 0.102. The van der Waals surface area contributed by atoms with E-state index in [-0.39, 0.29) is 5.91 Å². The number of carbonyl (C=O) groups is 1. The van der Waals surface area contributed by atoms with Crippen LogP contribution in [-0.4, -0.2) is 36.0 Å². The number of amides is 1. The molecule has 1 saturated heterocycles. The molecule has 0 saturated carbocycles. The topological polar surface area (TPSA) is 54.5 Å². The van der Waals surface area contributed by atoms with Gasteiger partial charge in [-0.3, -0.25) is 15.0 Å². The Morgan fingerprint density at radius 3 is 2.70 bits per heavy atom. The van der Waals surface area contributed by atoms with E-state index in [4.69, 9.17) is 4.74 Å². The zero-order chi connectivity index (χ0) is 16.1. The highest BCUT2D eigenvalue weighted by Crippen LogP contribution is 2.20. The summed E-state index contributed by atoms with van der Waals surface area (Å²) in [6.07, 6.45) is 3.87. The second kappa shape index (κ2) is 7.57. The van der Waals surface area contributed by atoms with E-state index in [1.807, 2.05) is 5.38 Å². The van der Waals surface area contributed by atoms with Crippen LogP contribution in [-0.2, 0) is 6.54 Å². The molecule has 0 spiro atoms. The van der Waals surface area contributed by atoms with Gasteiger partial charge in [-0.05, 0) is 50.2 Å². The Morgan fingerprint density at radius 1 is 1.26 bits per heavy atom. The Balaban J connectivity index is 1.58. The van der Waals surface area contributed by atoms with Gasteiger partial charge >= 0.3 is 0 Å². The lowest BCUT2D eigenvalue weighted by Gasteiger charge is -2.25. The number of thiazole rings is 1. The molecule has 1 aliphatic rings. The van der Waals surface area contributed by atoms with E-state index >= 15 is 0 Å². The van der Waals surface area contributed by atoms with E-state index in [9.17, 15) is 4.79 Å². The van der Waals surface area contributed by atoms with Crippen LogP contribution >= 0.6 is 11.3 Å². The number of rotatable bonds is 5. The first kappa shape index (κ1) is 16.0. The SMILES string of the molecule is COc1ccc(C(=O)Nc2nc(CN3CCCCC3)cs2)cc1. The Bertz CT molecular complexity index is 648. The van der Waals surface area contributed by atoms with Crippen molar-refractivity contribution >= 4 is 22.4 Å². The molecule has 2 aromatic rings. The molecule has 1 aromatic heterocycles. The molecular formula is C17H21N3O2S. The van der Waals surface area contributed by atoms with Crippen LogP contribution in [0.4, 0.5) is 5.13 Å². The van der Waals surface area contributed by atoms with Gasteiger partial charge in [0.25, 0.3) is 5.91 Å². The minimum Gasteiger partial charge on any atom is -0.497 e. The Hall–Kier alpha value is -1.92. The molecule has 0 aliphatic carbocycles. The average molecular weight is 331 g/mol. The highest BCUT2D eigenvalue weighted by molar-refractivity contribution is 7.13. The van der Waals surface area contributed by atoms with Gasteiger partial charge in [0.2, 0.25) is 0 Å². The van der Waals surface area contributed by atoms with E-state index < -0.39 is 0 Å². The number of hydrogen-bond donors (Lipinski definition) is 1. The summed E-state index contributed by atoms with van der Waals surface area (Å²) in [6.45, 7) is 3.16. The number of hydrogen-bond acceptors (Lipinski definition) is 5. The van der Waals surface area contributed by atoms with E-state index in [1.165, 1.54) is 30.6 Å². The van der Waals surface area contributed by atoms with Crippen molar-refractivity contribution in [2.24, 2.45) is 0 Å². The summed E-state index contributed by atoms with van der Waals surface area (Å²) >= 11 is 1.47. The second-order valence-electron chi connectivity index (χ2n) is 5.66. The van der Waals surface area contributed by atoms with Crippen LogP contribution in [0.25, 0.3) is 0 Å². The van der Waals surface area contributed by atoms with Gasteiger partial charge in [0, 0.05) is 17.5 Å². The highest BCUT2D eigenvalue weighted by atomic mass is 32.1. The fraction of sp³-hybridized carbons (Fsp3) is 0.412. The van der Waals surface area contributed by atoms with Crippen molar-refractivity contribution in [1.29, 1.82) is 0 Å². The van der Waals surface area contributed by atoms with Crippen LogP contribution in [0.2, 0.25) is 0 Å². The lowest BCUT2D eigenvalue weighted by atomic mass is 10.1. The highest BCUT2D eigenvalue weighted by Gasteiger charge is 2.13. The van der Waals surface area contributed by atoms with Gasteiger partial charge in [-0.1, -0.05) is 6.42 Å². The van der Waals surface area contributed by atoms with Gasteiger partial charge in [0.1, 0.15) is 5.75 Å². The molecule has 0 unspecified atom stereocenters. The fourth-order valence-electron chi connectivity index (χ4n) is 2.70. The first-order valence-electron chi connectivity index (χ1n) is 7.87. The van der Waals surface area contributed by atoms with Gasteiger partial charge in [0.05, 0.1) is 12.8 Å². The van der Waals surface area contributed by atoms with Crippen molar-refractivity contribution in [2.45, 2.75) is 25.8 Å². The number of piperidine rings is 1. The summed E-state index contributed by atoms with van der Waals surface area (Å²) in [5, 5.41) is 5.54. The molecule has 6 heteroatoms. The van der Waals surface area contributed by atoms with Crippen molar-refractivity contribution in [1.82, 2.24) is 9.88 Å². The number of nitrogens with zero attached hydrogens (tertiary/aromatic N) is 2. The number of benzene rings is 1. The normalized spacial score (nSPS) is 15.3. The summed E-state index contributed by atoms with van der Waals surface area (Å²) in [5.41, 5.74) is 1.63. The minimum absolute atomic E-state index is 0.147. The number of methoxy groups -OCH3 is 1. The monoisotopic (exact) mass is 331 g/mol. The quantitative estimate of drug-likeness (QED) is 0.912. The maximum atomic E-state index is 12.2. The van der Waals surface area contributed by atoms with Crippen LogP contribution in [0.15, 0.2) is 29.6 Å². The standard InChI is InChI=1S/C17H21N3O2S/c1-22-15-7-5-13(6-8-15)16(21)19-17-18-14(12-23-17)11-20-9-3-2-4-10-20/h5-8,12H,2-4,9-11H2,1H3,(H,18,19,21). The van der Waals surface area contributed by atoms with Crippen LogP contribution < -0.4 is 10.1 Å². The number of carbonyl (C=O) groups excluding carboxylic acids is 1. The van der Waals surface area contributed by atoms with Crippen molar-refractivity contribution in [2.75, 3.05) is 25.5 Å². The third-order valence-corrected chi connectivity index (χ3v) is 4.77. The van der Waals surface area contributed by atoms with Gasteiger partial charge in [-0.2, -0.15) is 0 Å². The smallest absolute Gasteiger partial charge is 0.257 e. The number of nitrogens with one attached hydrogen (secondary N) is 1. The predicted molar refractivity (Wildman–Crippen MR) is 92.2 cm³/mol. The summed E-state index contributed by atoms with van der Waals surface area (Å²) in [5.74, 6) is 0.589. The first-order chi connectivity index (χ1) is 11.2. The predicted octanol–water partition coefficient (Wildman–Crippen LogP) is 3.39. The third-order valence-electron chi connectivity index (χ3n) is 3.96. The van der Waals surface area contributed by atoms with Gasteiger partial charge in [0.15, 0.2) is 5.13 Å². The molecule has 1 aromatic carbocycles. The van der Waals surface area contributed by atoms with Crippen LogP contribution in [0.3, 0.4) is 0 Å². The molecule has 23 heavy (non-hydrogen) atoms. The zero-order valence-electron chi connectivity index (χ0n) is 13.2. The molecule has 122 valence electrons. The van der Waals surface area contributed by atoms with Crippen LogP contribution in [0.1, 0.15) is 35.3 Å². The maximum absolute atomic E-state index is 12.2. The molecule has 1 N–H and O–H groups in total. The van der Waals surface area contributed by atoms with Crippen molar-refractivity contribution in [3.8, 4) is 5.75 Å².